The van der Waals surface area contributed by atoms with Gasteiger partial charge >= 0.3 is 0 Å². The topological polar surface area (TPSA) is 9.23 Å². The molecule has 0 saturated carbocycles. The number of hydrogen-bond donors (Lipinski definition) is 0. The smallest absolute Gasteiger partial charge is 0.0802 e. The van der Waals surface area contributed by atoms with Crippen LogP contribution in [0.15, 0.2) is 12.2 Å². The van der Waals surface area contributed by atoms with Crippen LogP contribution in [0, 0.1) is 5.92 Å². The molecule has 0 aromatic carbocycles. The van der Waals surface area contributed by atoms with Crippen LogP contribution in [-0.2, 0) is 4.74 Å². The standard InChI is InChI=1S/C7H9BrO/c8-4-5-3-6-1-2-7(5)9-6/h1-2,5-7H,3-4H2/t5-,6+,7-/m0/s1. The maximum atomic E-state index is 5.53. The summed E-state index contributed by atoms with van der Waals surface area (Å²) < 4.78 is 5.53. The van der Waals surface area contributed by atoms with E-state index in [2.05, 4.69) is 28.1 Å². The molecule has 2 bridgehead atoms. The zero-order valence-corrected chi connectivity index (χ0v) is 6.67. The number of fused-ring (bicyclic) bond motifs is 2. The minimum atomic E-state index is 0.425. The molecule has 2 heteroatoms. The lowest BCUT2D eigenvalue weighted by Crippen LogP contribution is -2.13. The van der Waals surface area contributed by atoms with Crippen LogP contribution in [0.2, 0.25) is 0 Å². The van der Waals surface area contributed by atoms with Crippen LogP contribution >= 0.6 is 15.9 Å². The predicted octanol–water partition coefficient (Wildman–Crippen LogP) is 1.72. The highest BCUT2D eigenvalue weighted by molar-refractivity contribution is 9.09. The molecule has 0 amide bonds. The Hall–Kier alpha value is 0.180. The molecule has 2 aliphatic heterocycles. The summed E-state index contributed by atoms with van der Waals surface area (Å²) in [5.41, 5.74) is 0. The maximum absolute atomic E-state index is 5.53. The molecule has 0 aromatic rings. The summed E-state index contributed by atoms with van der Waals surface area (Å²) in [4.78, 5) is 0. The van der Waals surface area contributed by atoms with Crippen molar-refractivity contribution in [1.82, 2.24) is 0 Å². The molecule has 1 fully saturated rings. The SMILES string of the molecule is BrC[C@@H]1C[C@H]2C=C[C@@H]1O2. The fraction of sp³-hybridized carbons (Fsp3) is 0.714. The molecule has 0 aliphatic carbocycles. The Morgan fingerprint density at radius 3 is 2.78 bits per heavy atom. The van der Waals surface area contributed by atoms with Crippen LogP contribution < -0.4 is 0 Å². The summed E-state index contributed by atoms with van der Waals surface area (Å²) in [7, 11) is 0. The number of ether oxygens (including phenoxy) is 1. The molecule has 0 spiro atoms. The molecule has 2 aliphatic rings. The van der Waals surface area contributed by atoms with E-state index in [1.807, 2.05) is 0 Å². The summed E-state index contributed by atoms with van der Waals surface area (Å²) in [6.07, 6.45) is 6.43. The predicted molar refractivity (Wildman–Crippen MR) is 39.7 cm³/mol. The average molecular weight is 189 g/mol. The Kier molecular flexibility index (Phi) is 1.38. The molecule has 2 heterocycles. The minimum Gasteiger partial charge on any atom is -0.367 e. The average Bonchev–Trinajstić information content (AvgIpc) is 2.45. The Labute approximate surface area is 63.2 Å². The third-order valence-corrected chi connectivity index (χ3v) is 2.88. The van der Waals surface area contributed by atoms with E-state index in [1.165, 1.54) is 6.42 Å². The van der Waals surface area contributed by atoms with Gasteiger partial charge < -0.3 is 4.74 Å². The Morgan fingerprint density at radius 1 is 1.56 bits per heavy atom. The molecule has 0 N–H and O–H groups in total. The van der Waals surface area contributed by atoms with Gasteiger partial charge in [0.25, 0.3) is 0 Å². The number of rotatable bonds is 1. The molecule has 0 unspecified atom stereocenters. The molecule has 1 saturated heterocycles. The first-order valence-corrected chi connectivity index (χ1v) is 4.42. The van der Waals surface area contributed by atoms with E-state index < -0.39 is 0 Å². The van der Waals surface area contributed by atoms with Gasteiger partial charge in [0.05, 0.1) is 12.2 Å². The van der Waals surface area contributed by atoms with Crippen LogP contribution in [0.4, 0.5) is 0 Å². The highest BCUT2D eigenvalue weighted by Crippen LogP contribution is 2.34. The highest BCUT2D eigenvalue weighted by atomic mass is 79.9. The highest BCUT2D eigenvalue weighted by Gasteiger charge is 2.35. The second kappa shape index (κ2) is 2.10. The lowest BCUT2D eigenvalue weighted by molar-refractivity contribution is 0.111. The molecular formula is C7H9BrO. The molecular weight excluding hydrogens is 180 g/mol. The van der Waals surface area contributed by atoms with Crippen molar-refractivity contribution in [3.8, 4) is 0 Å². The van der Waals surface area contributed by atoms with Crippen LogP contribution in [0.3, 0.4) is 0 Å². The van der Waals surface area contributed by atoms with E-state index >= 15 is 0 Å². The van der Waals surface area contributed by atoms with Crippen molar-refractivity contribution in [3.05, 3.63) is 12.2 Å². The van der Waals surface area contributed by atoms with Gasteiger partial charge in [-0.05, 0) is 6.42 Å². The third kappa shape index (κ3) is 0.849. The zero-order chi connectivity index (χ0) is 6.27. The van der Waals surface area contributed by atoms with Crippen molar-refractivity contribution in [1.29, 1.82) is 0 Å². The normalized spacial score (nSPS) is 46.6. The van der Waals surface area contributed by atoms with Gasteiger partial charge in [0.2, 0.25) is 0 Å². The quantitative estimate of drug-likeness (QED) is 0.450. The van der Waals surface area contributed by atoms with Gasteiger partial charge in [0.15, 0.2) is 0 Å². The fourth-order valence-corrected chi connectivity index (χ4v) is 2.14. The van der Waals surface area contributed by atoms with Gasteiger partial charge in [-0.1, -0.05) is 28.1 Å². The second-order valence-corrected chi connectivity index (χ2v) is 3.32. The van der Waals surface area contributed by atoms with Crippen molar-refractivity contribution in [2.45, 2.75) is 18.6 Å². The van der Waals surface area contributed by atoms with Crippen LogP contribution in [0.5, 0.6) is 0 Å². The first-order chi connectivity index (χ1) is 4.40. The molecule has 9 heavy (non-hydrogen) atoms. The number of halogens is 1. The van der Waals surface area contributed by atoms with E-state index in [1.54, 1.807) is 0 Å². The zero-order valence-electron chi connectivity index (χ0n) is 5.09. The third-order valence-electron chi connectivity index (χ3n) is 2.05. The van der Waals surface area contributed by atoms with E-state index in [0.29, 0.717) is 12.2 Å². The molecule has 50 valence electrons. The molecule has 2 rings (SSSR count). The molecule has 0 radical (unpaired) electrons. The fourth-order valence-electron chi connectivity index (χ4n) is 1.51. The Morgan fingerprint density at radius 2 is 2.44 bits per heavy atom. The van der Waals surface area contributed by atoms with Gasteiger partial charge in [0.1, 0.15) is 0 Å². The summed E-state index contributed by atoms with van der Waals surface area (Å²) in [6.45, 7) is 0. The van der Waals surface area contributed by atoms with Crippen LogP contribution in [0.1, 0.15) is 6.42 Å². The monoisotopic (exact) mass is 188 g/mol. The van der Waals surface area contributed by atoms with Gasteiger partial charge in [0, 0.05) is 11.2 Å². The summed E-state index contributed by atoms with van der Waals surface area (Å²) in [6, 6.07) is 0. The minimum absolute atomic E-state index is 0.425. The van der Waals surface area contributed by atoms with Gasteiger partial charge in [-0.3, -0.25) is 0 Å². The van der Waals surface area contributed by atoms with Gasteiger partial charge in [-0.25, -0.2) is 0 Å². The Bertz CT molecular complexity index is 144. The lowest BCUT2D eigenvalue weighted by Gasteiger charge is -2.09. The van der Waals surface area contributed by atoms with Crippen LogP contribution in [-0.4, -0.2) is 17.5 Å². The van der Waals surface area contributed by atoms with Crippen molar-refractivity contribution in [3.63, 3.8) is 0 Å². The molecule has 3 atom stereocenters. The molecule has 1 nitrogen and oxygen atoms in total. The lowest BCUT2D eigenvalue weighted by atomic mass is 9.97. The largest absolute Gasteiger partial charge is 0.367 e. The number of alkyl halides is 1. The summed E-state index contributed by atoms with van der Waals surface area (Å²) >= 11 is 3.46. The summed E-state index contributed by atoms with van der Waals surface area (Å²) in [5, 5.41) is 1.08. The van der Waals surface area contributed by atoms with Crippen molar-refractivity contribution >= 4 is 15.9 Å². The van der Waals surface area contributed by atoms with Crippen molar-refractivity contribution < 1.29 is 4.74 Å². The molecule has 0 aromatic heterocycles. The second-order valence-electron chi connectivity index (χ2n) is 2.67. The Balaban J connectivity index is 2.10. The van der Waals surface area contributed by atoms with E-state index in [9.17, 15) is 0 Å². The van der Waals surface area contributed by atoms with E-state index in [0.717, 1.165) is 11.2 Å². The van der Waals surface area contributed by atoms with Crippen molar-refractivity contribution in [2.75, 3.05) is 5.33 Å². The first kappa shape index (κ1) is 5.93. The van der Waals surface area contributed by atoms with E-state index in [4.69, 9.17) is 4.74 Å². The first-order valence-electron chi connectivity index (χ1n) is 3.30. The van der Waals surface area contributed by atoms with E-state index in [-0.39, 0.29) is 0 Å². The number of hydrogen-bond acceptors (Lipinski definition) is 1. The summed E-state index contributed by atoms with van der Waals surface area (Å²) in [5.74, 6) is 0.736. The maximum Gasteiger partial charge on any atom is 0.0802 e. The van der Waals surface area contributed by atoms with Gasteiger partial charge in [-0.15, -0.1) is 0 Å². The van der Waals surface area contributed by atoms with Crippen molar-refractivity contribution in [2.24, 2.45) is 5.92 Å². The van der Waals surface area contributed by atoms with Gasteiger partial charge in [-0.2, -0.15) is 0 Å². The van der Waals surface area contributed by atoms with Crippen LogP contribution in [0.25, 0.3) is 0 Å².